The normalized spacial score (nSPS) is 15.1. The summed E-state index contributed by atoms with van der Waals surface area (Å²) in [4.78, 5) is 8.97. The van der Waals surface area contributed by atoms with Gasteiger partial charge in [-0.3, -0.25) is 0 Å². The predicted molar refractivity (Wildman–Crippen MR) is 69.9 cm³/mol. The molecule has 5 heteroatoms. The largest absolute Gasteiger partial charge is 0.369 e. The number of hydrazine groups is 1. The molecule has 17 heavy (non-hydrogen) atoms. The van der Waals surface area contributed by atoms with Gasteiger partial charge in [-0.25, -0.2) is 15.8 Å². The first kappa shape index (κ1) is 12.1. The molecule has 0 radical (unpaired) electrons. The minimum Gasteiger partial charge on any atom is -0.369 e. The molecular weight excluding hydrogens is 214 g/mol. The Morgan fingerprint density at radius 1 is 1.29 bits per heavy atom. The van der Waals surface area contributed by atoms with E-state index in [1.165, 1.54) is 12.8 Å². The Hall–Kier alpha value is -1.36. The lowest BCUT2D eigenvalue weighted by Gasteiger charge is -2.14. The summed E-state index contributed by atoms with van der Waals surface area (Å²) >= 11 is 0. The van der Waals surface area contributed by atoms with Gasteiger partial charge < -0.3 is 10.7 Å². The van der Waals surface area contributed by atoms with Crippen molar-refractivity contribution >= 4 is 11.6 Å². The number of rotatable bonds is 5. The minimum atomic E-state index is 0.296. The summed E-state index contributed by atoms with van der Waals surface area (Å²) in [6.45, 7) is 7.14. The van der Waals surface area contributed by atoms with E-state index in [9.17, 15) is 0 Å². The van der Waals surface area contributed by atoms with Crippen LogP contribution in [0, 0.1) is 12.8 Å². The van der Waals surface area contributed by atoms with E-state index >= 15 is 0 Å². The van der Waals surface area contributed by atoms with Gasteiger partial charge in [0.15, 0.2) is 0 Å². The zero-order chi connectivity index (χ0) is 12.4. The maximum Gasteiger partial charge on any atom is 0.148 e. The van der Waals surface area contributed by atoms with Crippen molar-refractivity contribution in [2.75, 3.05) is 17.3 Å². The molecule has 0 bridgehead atoms. The third-order valence-corrected chi connectivity index (χ3v) is 3.07. The molecule has 4 N–H and O–H groups in total. The Kier molecular flexibility index (Phi) is 3.47. The van der Waals surface area contributed by atoms with Gasteiger partial charge in [-0.1, -0.05) is 13.8 Å². The summed E-state index contributed by atoms with van der Waals surface area (Å²) in [5, 5.41) is 3.40. The zero-order valence-corrected chi connectivity index (χ0v) is 10.7. The van der Waals surface area contributed by atoms with Crippen molar-refractivity contribution < 1.29 is 0 Å². The van der Waals surface area contributed by atoms with E-state index in [-0.39, 0.29) is 0 Å². The molecule has 2 rings (SSSR count). The molecule has 1 aromatic heterocycles. The SMILES string of the molecule is Cc1c(NN)nc(C(C)C)nc1NCC1CC1. The standard InChI is InChI=1S/C12H21N5/c1-7(2)10-15-11(14-6-9-4-5-9)8(3)12(16-10)17-13/h7,9H,4-6,13H2,1-3H3,(H2,14,15,16,17). The second kappa shape index (κ2) is 4.87. The van der Waals surface area contributed by atoms with Gasteiger partial charge in [-0.15, -0.1) is 0 Å². The van der Waals surface area contributed by atoms with Crippen LogP contribution in [0.1, 0.15) is 44.0 Å². The molecule has 0 aromatic carbocycles. The molecule has 1 aliphatic rings. The highest BCUT2D eigenvalue weighted by Crippen LogP contribution is 2.30. The van der Waals surface area contributed by atoms with Crippen LogP contribution in [-0.2, 0) is 0 Å². The van der Waals surface area contributed by atoms with Crippen molar-refractivity contribution in [3.8, 4) is 0 Å². The monoisotopic (exact) mass is 235 g/mol. The third-order valence-electron chi connectivity index (χ3n) is 3.07. The summed E-state index contributed by atoms with van der Waals surface area (Å²) in [7, 11) is 0. The molecule has 94 valence electrons. The maximum atomic E-state index is 5.49. The zero-order valence-electron chi connectivity index (χ0n) is 10.7. The van der Waals surface area contributed by atoms with E-state index in [2.05, 4.69) is 34.6 Å². The average Bonchev–Trinajstić information content (AvgIpc) is 3.11. The Labute approximate surface area is 102 Å². The molecular formula is C12H21N5. The first-order valence-electron chi connectivity index (χ1n) is 6.20. The van der Waals surface area contributed by atoms with Crippen LogP contribution in [0.2, 0.25) is 0 Å². The number of aromatic nitrogens is 2. The number of nitrogens with two attached hydrogens (primary N) is 1. The quantitative estimate of drug-likeness (QED) is 0.537. The molecule has 0 aliphatic heterocycles. The van der Waals surface area contributed by atoms with Crippen LogP contribution in [0.25, 0.3) is 0 Å². The summed E-state index contributed by atoms with van der Waals surface area (Å²) in [6.07, 6.45) is 2.66. The van der Waals surface area contributed by atoms with Crippen molar-refractivity contribution in [2.45, 2.75) is 39.5 Å². The highest BCUT2D eigenvalue weighted by molar-refractivity contribution is 5.56. The molecule has 0 spiro atoms. The fourth-order valence-corrected chi connectivity index (χ4v) is 1.67. The Bertz CT molecular complexity index is 398. The fourth-order valence-electron chi connectivity index (χ4n) is 1.67. The van der Waals surface area contributed by atoms with E-state index in [4.69, 9.17) is 5.84 Å². The van der Waals surface area contributed by atoms with Crippen LogP contribution in [0.15, 0.2) is 0 Å². The van der Waals surface area contributed by atoms with Gasteiger partial charge in [-0.2, -0.15) is 0 Å². The summed E-state index contributed by atoms with van der Waals surface area (Å²) in [6, 6.07) is 0. The molecule has 5 nitrogen and oxygen atoms in total. The average molecular weight is 235 g/mol. The molecule has 0 atom stereocenters. The first-order chi connectivity index (χ1) is 8.11. The highest BCUT2D eigenvalue weighted by atomic mass is 15.3. The van der Waals surface area contributed by atoms with E-state index in [1.54, 1.807) is 0 Å². The lowest BCUT2D eigenvalue weighted by atomic mass is 10.2. The number of nitrogens with zero attached hydrogens (tertiary/aromatic N) is 2. The Morgan fingerprint density at radius 2 is 1.94 bits per heavy atom. The van der Waals surface area contributed by atoms with E-state index in [0.29, 0.717) is 11.7 Å². The van der Waals surface area contributed by atoms with Crippen LogP contribution in [0.4, 0.5) is 11.6 Å². The number of anilines is 2. The van der Waals surface area contributed by atoms with E-state index in [0.717, 1.165) is 29.7 Å². The van der Waals surface area contributed by atoms with Crippen LogP contribution in [-0.4, -0.2) is 16.5 Å². The van der Waals surface area contributed by atoms with E-state index < -0.39 is 0 Å². The van der Waals surface area contributed by atoms with Crippen LogP contribution < -0.4 is 16.6 Å². The molecule has 0 saturated heterocycles. The van der Waals surface area contributed by atoms with Gasteiger partial charge in [0.1, 0.15) is 17.5 Å². The van der Waals surface area contributed by atoms with Gasteiger partial charge >= 0.3 is 0 Å². The molecule has 0 unspecified atom stereocenters. The lowest BCUT2D eigenvalue weighted by molar-refractivity contribution is 0.769. The van der Waals surface area contributed by atoms with Gasteiger partial charge in [0.25, 0.3) is 0 Å². The van der Waals surface area contributed by atoms with Crippen molar-refractivity contribution in [2.24, 2.45) is 11.8 Å². The number of nitrogens with one attached hydrogen (secondary N) is 2. The Morgan fingerprint density at radius 3 is 2.47 bits per heavy atom. The number of hydrogen-bond donors (Lipinski definition) is 3. The number of hydrogen-bond acceptors (Lipinski definition) is 5. The van der Waals surface area contributed by atoms with Gasteiger partial charge in [-0.05, 0) is 25.7 Å². The van der Waals surface area contributed by atoms with Crippen molar-refractivity contribution in [3.05, 3.63) is 11.4 Å². The minimum absolute atomic E-state index is 0.296. The van der Waals surface area contributed by atoms with Crippen LogP contribution in [0.5, 0.6) is 0 Å². The van der Waals surface area contributed by atoms with Gasteiger partial charge in [0.2, 0.25) is 0 Å². The summed E-state index contributed by atoms with van der Waals surface area (Å²) in [5.74, 6) is 9.04. The molecule has 0 amide bonds. The molecule has 1 aliphatic carbocycles. The van der Waals surface area contributed by atoms with Crippen LogP contribution >= 0.6 is 0 Å². The van der Waals surface area contributed by atoms with Crippen molar-refractivity contribution in [3.63, 3.8) is 0 Å². The fraction of sp³-hybridized carbons (Fsp3) is 0.667. The molecule has 1 aromatic rings. The summed E-state index contributed by atoms with van der Waals surface area (Å²) in [5.41, 5.74) is 3.63. The maximum absolute atomic E-state index is 5.49. The topological polar surface area (TPSA) is 75.9 Å². The Balaban J connectivity index is 2.23. The molecule has 1 saturated carbocycles. The van der Waals surface area contributed by atoms with Gasteiger partial charge in [0.05, 0.1) is 0 Å². The molecule has 1 heterocycles. The van der Waals surface area contributed by atoms with E-state index in [1.807, 2.05) is 6.92 Å². The second-order valence-electron chi connectivity index (χ2n) is 5.03. The van der Waals surface area contributed by atoms with Crippen molar-refractivity contribution in [1.82, 2.24) is 9.97 Å². The third kappa shape index (κ3) is 2.85. The lowest BCUT2D eigenvalue weighted by Crippen LogP contribution is -2.16. The highest BCUT2D eigenvalue weighted by Gasteiger charge is 2.21. The predicted octanol–water partition coefficient (Wildman–Crippen LogP) is 2.02. The van der Waals surface area contributed by atoms with Crippen molar-refractivity contribution in [1.29, 1.82) is 0 Å². The van der Waals surface area contributed by atoms with Crippen LogP contribution in [0.3, 0.4) is 0 Å². The first-order valence-corrected chi connectivity index (χ1v) is 6.20. The molecule has 1 fully saturated rings. The second-order valence-corrected chi connectivity index (χ2v) is 5.03. The number of nitrogen functional groups attached to an aromatic ring is 1. The smallest absolute Gasteiger partial charge is 0.148 e. The van der Waals surface area contributed by atoms with Gasteiger partial charge in [0, 0.05) is 18.0 Å². The summed E-state index contributed by atoms with van der Waals surface area (Å²) < 4.78 is 0.